The summed E-state index contributed by atoms with van der Waals surface area (Å²) in [5, 5.41) is 13.7. The Morgan fingerprint density at radius 3 is 1.93 bits per heavy atom. The van der Waals surface area contributed by atoms with Gasteiger partial charge in [-0.1, -0.05) is 55.4 Å². The summed E-state index contributed by atoms with van der Waals surface area (Å²) in [5.41, 5.74) is -8.38. The zero-order chi connectivity index (χ0) is 41.9. The summed E-state index contributed by atoms with van der Waals surface area (Å²) in [6, 6.07) is 2.91. The number of fused-ring (bicyclic) bond motifs is 1. The van der Waals surface area contributed by atoms with E-state index in [0.29, 0.717) is 0 Å². The second kappa shape index (κ2) is 15.1. The largest absolute Gasteiger partial charge is 0.462 e. The van der Waals surface area contributed by atoms with Gasteiger partial charge in [0.15, 0.2) is 24.1 Å². The van der Waals surface area contributed by atoms with Gasteiger partial charge in [-0.15, -0.1) is 0 Å². The van der Waals surface area contributed by atoms with Crippen molar-refractivity contribution in [2.45, 2.75) is 142 Å². The van der Waals surface area contributed by atoms with Gasteiger partial charge in [-0.25, -0.2) is 4.79 Å². The van der Waals surface area contributed by atoms with Gasteiger partial charge >= 0.3 is 35.8 Å². The van der Waals surface area contributed by atoms with Crippen LogP contribution >= 0.6 is 0 Å². The van der Waals surface area contributed by atoms with Crippen LogP contribution in [0.5, 0.6) is 0 Å². The molecule has 2 aliphatic carbocycles. The Hall–Kier alpha value is -4.44. The lowest BCUT2D eigenvalue weighted by molar-refractivity contribution is -0.284. The molecular weight excluding hydrogens is 734 g/mol. The summed E-state index contributed by atoms with van der Waals surface area (Å²) in [4.78, 5) is 99.8. The highest BCUT2D eigenvalue weighted by Crippen LogP contribution is 2.65. The molecule has 3 bridgehead atoms. The topological polar surface area (TPSA) is 217 Å². The summed E-state index contributed by atoms with van der Waals surface area (Å²) in [6.45, 7) is 15.8. The van der Waals surface area contributed by atoms with Crippen LogP contribution in [0.4, 0.5) is 0 Å². The van der Waals surface area contributed by atoms with E-state index in [9.17, 15) is 38.7 Å². The molecule has 4 aliphatic rings. The summed E-state index contributed by atoms with van der Waals surface area (Å²) >= 11 is 0. The van der Waals surface area contributed by atoms with Crippen molar-refractivity contribution >= 4 is 41.6 Å². The van der Waals surface area contributed by atoms with E-state index < -0.39 is 136 Å². The third kappa shape index (κ3) is 7.07. The molecule has 308 valence electrons. The number of aromatic nitrogens is 1. The van der Waals surface area contributed by atoms with Gasteiger partial charge < -0.3 is 38.3 Å². The quantitative estimate of drug-likeness (QED) is 0.281. The first kappa shape index (κ1) is 42.7. The Morgan fingerprint density at radius 2 is 1.39 bits per heavy atom. The van der Waals surface area contributed by atoms with Crippen LogP contribution in [0.2, 0.25) is 0 Å². The van der Waals surface area contributed by atoms with Crippen LogP contribution in [0.1, 0.15) is 99.4 Å². The van der Waals surface area contributed by atoms with E-state index in [-0.39, 0.29) is 12.0 Å². The number of ether oxygens (including phenoxy) is 7. The molecule has 2 saturated heterocycles. The summed E-state index contributed by atoms with van der Waals surface area (Å²) in [6.07, 6.45) is -8.46. The SMILES string of the molecule is CC(=O)O[C@@H]1[C@@H]2[C@@H](OC(C)=O)[C@@]3(O)C[C@@]4(O[C@@]2(C[C@@H]1C)C(=O)[C@@H]4C)[C@@H](OC(C)=O)C(C)(C)[C@H](OC(=O)c1cccnc1)[C@H](OC(=O)C(C)C)[C@H]3OC(=O)C(C)C. The van der Waals surface area contributed by atoms with Crippen molar-refractivity contribution in [3.8, 4) is 0 Å². The maximum Gasteiger partial charge on any atom is 0.340 e. The summed E-state index contributed by atoms with van der Waals surface area (Å²) in [7, 11) is 0. The van der Waals surface area contributed by atoms with Gasteiger partial charge in [-0.05, 0) is 24.5 Å². The van der Waals surface area contributed by atoms with E-state index in [1.807, 2.05) is 0 Å². The number of Topliss-reactive ketones (excluding diaryl/α,β-unsaturated/α-hetero) is 1. The molecule has 16 heteroatoms. The van der Waals surface area contributed by atoms with Crippen molar-refractivity contribution < 1.29 is 71.8 Å². The monoisotopic (exact) mass is 787 g/mol. The van der Waals surface area contributed by atoms with Gasteiger partial charge in [0, 0.05) is 45.0 Å². The number of carbonyl (C=O) groups excluding carboxylic acids is 7. The maximum atomic E-state index is 15.0. The number of hydrogen-bond donors (Lipinski definition) is 1. The molecule has 2 spiro atoms. The number of aliphatic hydroxyl groups is 1. The number of carbonyl (C=O) groups is 7. The third-order valence-electron chi connectivity index (χ3n) is 11.8. The molecule has 1 N–H and O–H groups in total. The van der Waals surface area contributed by atoms with Crippen molar-refractivity contribution in [1.29, 1.82) is 0 Å². The molecule has 5 rings (SSSR count). The molecule has 56 heavy (non-hydrogen) atoms. The fourth-order valence-corrected chi connectivity index (χ4v) is 9.39. The maximum absolute atomic E-state index is 15.0. The molecule has 0 unspecified atom stereocenters. The molecule has 12 atom stereocenters. The standard InChI is InChI=1S/C40H53NO15/c1-18(2)33(46)53-28-31(54-35(48)25-13-12-14-41-16-25)37(10,11)36(52-24(9)44)40-17-38(49,32(28)55-34(47)19(3)4)30(51-23(8)43)26-27(50-22(7)42)20(5)15-39(26,56-40)29(45)21(40)6/h12-14,16,18-21,26-28,30-32,36,49H,15,17H2,1-11H3/t20-,21-,26+,27-,28-,30+,31+,32+,36-,38-,39+,40-/m0/s1. The van der Waals surface area contributed by atoms with Crippen LogP contribution in [-0.4, -0.2) is 105 Å². The molecule has 1 aromatic rings. The van der Waals surface area contributed by atoms with Gasteiger partial charge in [-0.3, -0.25) is 33.8 Å². The van der Waals surface area contributed by atoms with Crippen molar-refractivity contribution in [2.75, 3.05) is 0 Å². The fraction of sp³-hybridized carbons (Fsp3) is 0.700. The van der Waals surface area contributed by atoms with Gasteiger partial charge in [0.05, 0.1) is 29.2 Å². The van der Waals surface area contributed by atoms with Gasteiger partial charge in [0.1, 0.15) is 35.1 Å². The molecule has 16 nitrogen and oxygen atoms in total. The Morgan fingerprint density at radius 1 is 0.804 bits per heavy atom. The predicted molar refractivity (Wildman–Crippen MR) is 191 cm³/mol. The lowest BCUT2D eigenvalue weighted by Crippen LogP contribution is -2.74. The number of hydrogen-bond acceptors (Lipinski definition) is 16. The minimum absolute atomic E-state index is 0.0292. The van der Waals surface area contributed by atoms with Crippen LogP contribution < -0.4 is 0 Å². The van der Waals surface area contributed by atoms with Crippen molar-refractivity contribution in [2.24, 2.45) is 35.0 Å². The molecule has 3 heterocycles. The zero-order valence-electron chi connectivity index (χ0n) is 33.7. The lowest BCUT2D eigenvalue weighted by Gasteiger charge is -2.57. The zero-order valence-corrected chi connectivity index (χ0v) is 33.7. The molecule has 0 aromatic carbocycles. The van der Waals surface area contributed by atoms with Crippen LogP contribution in [-0.2, 0) is 61.9 Å². The highest BCUT2D eigenvalue weighted by molar-refractivity contribution is 5.94. The van der Waals surface area contributed by atoms with E-state index in [2.05, 4.69) is 4.98 Å². The number of rotatable bonds is 9. The molecule has 2 aliphatic heterocycles. The second-order valence-corrected chi connectivity index (χ2v) is 17.0. The number of ketones is 1. The number of nitrogens with zero attached hydrogens (tertiary/aromatic N) is 1. The van der Waals surface area contributed by atoms with Crippen molar-refractivity contribution in [1.82, 2.24) is 4.98 Å². The summed E-state index contributed by atoms with van der Waals surface area (Å²) in [5.74, 6) is -10.6. The predicted octanol–water partition coefficient (Wildman–Crippen LogP) is 3.08. The summed E-state index contributed by atoms with van der Waals surface area (Å²) < 4.78 is 43.7. The van der Waals surface area contributed by atoms with Gasteiger partial charge in [0.25, 0.3) is 0 Å². The van der Waals surface area contributed by atoms with E-state index in [0.717, 1.165) is 20.8 Å². The van der Waals surface area contributed by atoms with Crippen LogP contribution in [0.15, 0.2) is 24.5 Å². The van der Waals surface area contributed by atoms with Crippen LogP contribution in [0.25, 0.3) is 0 Å². The Kier molecular flexibility index (Phi) is 11.5. The van der Waals surface area contributed by atoms with E-state index in [1.165, 1.54) is 52.2 Å². The first-order chi connectivity index (χ1) is 25.9. The fourth-order valence-electron chi connectivity index (χ4n) is 9.39. The van der Waals surface area contributed by atoms with E-state index in [4.69, 9.17) is 33.2 Å². The first-order valence-electron chi connectivity index (χ1n) is 18.9. The van der Waals surface area contributed by atoms with E-state index >= 15 is 0 Å². The normalized spacial score (nSPS) is 37.0. The van der Waals surface area contributed by atoms with E-state index in [1.54, 1.807) is 27.7 Å². The third-order valence-corrected chi connectivity index (χ3v) is 11.8. The first-order valence-corrected chi connectivity index (χ1v) is 18.9. The van der Waals surface area contributed by atoms with Gasteiger partial charge in [0.2, 0.25) is 0 Å². The highest BCUT2D eigenvalue weighted by atomic mass is 16.6. The Bertz CT molecular complexity index is 1760. The van der Waals surface area contributed by atoms with Crippen molar-refractivity contribution in [3.05, 3.63) is 30.1 Å². The van der Waals surface area contributed by atoms with Crippen molar-refractivity contribution in [3.63, 3.8) is 0 Å². The smallest absolute Gasteiger partial charge is 0.340 e. The number of esters is 6. The average molecular weight is 788 g/mol. The molecule has 2 saturated carbocycles. The minimum Gasteiger partial charge on any atom is -0.462 e. The Balaban J connectivity index is 1.94. The average Bonchev–Trinajstić information content (AvgIpc) is 3.44. The number of pyridine rings is 1. The Labute approximate surface area is 325 Å². The lowest BCUT2D eigenvalue weighted by atomic mass is 9.56. The van der Waals surface area contributed by atoms with Crippen LogP contribution in [0.3, 0.4) is 0 Å². The highest BCUT2D eigenvalue weighted by Gasteiger charge is 2.82. The molecular formula is C40H53NO15. The van der Waals surface area contributed by atoms with Crippen LogP contribution in [0, 0.1) is 35.0 Å². The molecule has 4 fully saturated rings. The molecule has 1 aromatic heterocycles. The second-order valence-electron chi connectivity index (χ2n) is 17.0. The minimum atomic E-state index is -2.70. The molecule has 0 radical (unpaired) electrons. The van der Waals surface area contributed by atoms with Gasteiger partial charge in [-0.2, -0.15) is 0 Å². The molecule has 0 amide bonds.